The van der Waals surface area contributed by atoms with Crippen molar-refractivity contribution in [2.24, 2.45) is 0 Å². The van der Waals surface area contributed by atoms with E-state index in [9.17, 15) is 9.59 Å². The second kappa shape index (κ2) is 10.2. The molecule has 0 aliphatic carbocycles. The van der Waals surface area contributed by atoms with Gasteiger partial charge in [-0.05, 0) is 65.7 Å². The summed E-state index contributed by atoms with van der Waals surface area (Å²) >= 11 is 1.42. The highest BCUT2D eigenvalue weighted by Crippen LogP contribution is 2.46. The van der Waals surface area contributed by atoms with Crippen molar-refractivity contribution in [3.8, 4) is 11.5 Å². The van der Waals surface area contributed by atoms with Gasteiger partial charge in [0, 0.05) is 11.3 Å². The summed E-state index contributed by atoms with van der Waals surface area (Å²) in [7, 11) is 3.20. The van der Waals surface area contributed by atoms with Crippen molar-refractivity contribution < 1.29 is 19.1 Å². The fraction of sp³-hybridized carbons (Fsp3) is 0.129. The first-order chi connectivity index (χ1) is 19.1. The molecule has 8 heteroatoms. The molecule has 2 atom stereocenters. The molecule has 194 valence electrons. The van der Waals surface area contributed by atoms with E-state index in [0.29, 0.717) is 33.4 Å². The number of carbonyl (C=O) groups excluding carboxylic acids is 2. The van der Waals surface area contributed by atoms with Gasteiger partial charge in [0.1, 0.15) is 11.5 Å². The van der Waals surface area contributed by atoms with Crippen molar-refractivity contribution in [3.05, 3.63) is 114 Å². The van der Waals surface area contributed by atoms with Crippen LogP contribution in [-0.2, 0) is 4.79 Å². The summed E-state index contributed by atoms with van der Waals surface area (Å²) in [5, 5.41) is 3.57. The maximum absolute atomic E-state index is 14.2. The zero-order chi connectivity index (χ0) is 26.9. The van der Waals surface area contributed by atoms with E-state index >= 15 is 0 Å². The van der Waals surface area contributed by atoms with Gasteiger partial charge < -0.3 is 14.8 Å². The molecule has 6 rings (SSSR count). The molecule has 7 nitrogen and oxygen atoms in total. The Morgan fingerprint density at radius 2 is 1.49 bits per heavy atom. The minimum absolute atomic E-state index is 0.180. The highest BCUT2D eigenvalue weighted by atomic mass is 32.1. The number of rotatable bonds is 6. The summed E-state index contributed by atoms with van der Waals surface area (Å²) in [6.07, 6.45) is 0. The number of nitrogens with one attached hydrogen (secondary N) is 1. The summed E-state index contributed by atoms with van der Waals surface area (Å²) in [5.74, 6) is 0.234. The molecule has 0 bridgehead atoms. The molecular formula is C31H25N3O4S. The standard InChI is InChI=1S/C31H25N3O4S/c1-37-21-15-11-19(12-16-21)28-27(29(35)33-31-32-25-9-5-6-10-26(25)39-31)23-7-3-4-8-24(23)30(36)34(28)20-13-17-22(38-2)18-14-20/h3-18,27-28H,1-2H3,(H,32,33,35)/t27-,28-/m1/s1. The van der Waals surface area contributed by atoms with Gasteiger partial charge in [-0.15, -0.1) is 0 Å². The quantitative estimate of drug-likeness (QED) is 0.271. The lowest BCUT2D eigenvalue weighted by Crippen LogP contribution is -2.46. The van der Waals surface area contributed by atoms with E-state index in [4.69, 9.17) is 9.47 Å². The molecule has 1 N–H and O–H groups in total. The summed E-state index contributed by atoms with van der Waals surface area (Å²) in [4.78, 5) is 34.5. The number of nitrogens with zero attached hydrogens (tertiary/aromatic N) is 2. The number of benzene rings is 4. The van der Waals surface area contributed by atoms with E-state index in [-0.39, 0.29) is 11.8 Å². The van der Waals surface area contributed by atoms with Crippen LogP contribution in [0.2, 0.25) is 0 Å². The van der Waals surface area contributed by atoms with Crippen molar-refractivity contribution in [1.29, 1.82) is 0 Å². The van der Waals surface area contributed by atoms with E-state index in [1.807, 2.05) is 91.0 Å². The molecule has 1 aliphatic rings. The number of hydrogen-bond acceptors (Lipinski definition) is 6. The average Bonchev–Trinajstić information content (AvgIpc) is 3.39. The lowest BCUT2D eigenvalue weighted by atomic mass is 9.79. The molecule has 2 heterocycles. The topological polar surface area (TPSA) is 80.8 Å². The van der Waals surface area contributed by atoms with E-state index < -0.39 is 12.0 Å². The molecule has 0 spiro atoms. The van der Waals surface area contributed by atoms with Crippen LogP contribution >= 0.6 is 11.3 Å². The molecule has 1 aliphatic heterocycles. The summed E-state index contributed by atoms with van der Waals surface area (Å²) in [5.41, 5.74) is 3.45. The van der Waals surface area contributed by atoms with Crippen LogP contribution in [0.3, 0.4) is 0 Å². The number of amides is 2. The number of ether oxygens (including phenoxy) is 2. The van der Waals surface area contributed by atoms with Gasteiger partial charge in [0.05, 0.1) is 36.4 Å². The minimum atomic E-state index is -0.707. The largest absolute Gasteiger partial charge is 0.497 e. The van der Waals surface area contributed by atoms with E-state index in [1.54, 1.807) is 25.2 Å². The van der Waals surface area contributed by atoms with E-state index in [2.05, 4.69) is 10.3 Å². The Morgan fingerprint density at radius 1 is 0.846 bits per heavy atom. The van der Waals surface area contributed by atoms with Crippen LogP contribution in [0.15, 0.2) is 97.1 Å². The Kier molecular flexibility index (Phi) is 6.46. The zero-order valence-corrected chi connectivity index (χ0v) is 22.1. The SMILES string of the molecule is COc1ccc([C@@H]2[C@H](C(=O)Nc3nc4ccccc4s3)c3ccccc3C(=O)N2c2ccc(OC)cc2)cc1. The fourth-order valence-corrected chi connectivity index (χ4v) is 5.96. The van der Waals surface area contributed by atoms with Gasteiger partial charge in [-0.1, -0.05) is 53.8 Å². The fourth-order valence-electron chi connectivity index (χ4n) is 5.09. The van der Waals surface area contributed by atoms with Crippen LogP contribution in [0.1, 0.15) is 33.4 Å². The number of hydrogen-bond donors (Lipinski definition) is 1. The maximum atomic E-state index is 14.2. The molecule has 4 aromatic carbocycles. The van der Waals surface area contributed by atoms with E-state index in [0.717, 1.165) is 15.8 Å². The second-order valence-electron chi connectivity index (χ2n) is 9.13. The van der Waals surface area contributed by atoms with Crippen molar-refractivity contribution in [3.63, 3.8) is 0 Å². The average molecular weight is 536 g/mol. The third-order valence-corrected chi connectivity index (χ3v) is 7.91. The summed E-state index contributed by atoms with van der Waals surface area (Å²) < 4.78 is 11.7. The zero-order valence-electron chi connectivity index (χ0n) is 21.3. The number of thiazole rings is 1. The van der Waals surface area contributed by atoms with Crippen molar-refractivity contribution >= 4 is 44.2 Å². The normalized spacial score (nSPS) is 16.6. The van der Waals surface area contributed by atoms with Crippen LogP contribution in [0.25, 0.3) is 10.2 Å². The van der Waals surface area contributed by atoms with Gasteiger partial charge >= 0.3 is 0 Å². The van der Waals surface area contributed by atoms with Crippen LogP contribution < -0.4 is 19.7 Å². The van der Waals surface area contributed by atoms with Crippen molar-refractivity contribution in [1.82, 2.24) is 4.98 Å². The molecule has 2 amide bonds. The molecule has 0 radical (unpaired) electrons. The van der Waals surface area contributed by atoms with Gasteiger partial charge in [-0.2, -0.15) is 0 Å². The van der Waals surface area contributed by atoms with Gasteiger partial charge in [0.15, 0.2) is 5.13 Å². The Bertz CT molecular complexity index is 1630. The van der Waals surface area contributed by atoms with Crippen LogP contribution in [0.5, 0.6) is 11.5 Å². The van der Waals surface area contributed by atoms with Crippen LogP contribution in [0, 0.1) is 0 Å². The first kappa shape index (κ1) is 24.6. The number of methoxy groups -OCH3 is 2. The molecule has 0 saturated heterocycles. The molecule has 0 fully saturated rings. The van der Waals surface area contributed by atoms with Gasteiger partial charge in [0.25, 0.3) is 5.91 Å². The number of carbonyl (C=O) groups is 2. The molecule has 0 saturated carbocycles. The summed E-state index contributed by atoms with van der Waals surface area (Å²) in [6, 6.07) is 29.2. The Hall–Kier alpha value is -4.69. The van der Waals surface area contributed by atoms with Gasteiger partial charge in [-0.3, -0.25) is 14.5 Å². The van der Waals surface area contributed by atoms with Crippen molar-refractivity contribution in [2.45, 2.75) is 12.0 Å². The van der Waals surface area contributed by atoms with Crippen LogP contribution in [0.4, 0.5) is 10.8 Å². The highest BCUT2D eigenvalue weighted by Gasteiger charge is 2.45. The molecule has 5 aromatic rings. The highest BCUT2D eigenvalue weighted by molar-refractivity contribution is 7.22. The third kappa shape index (κ3) is 4.49. The Labute approximate surface area is 229 Å². The number of anilines is 2. The number of fused-ring (bicyclic) bond motifs is 2. The Balaban J connectivity index is 1.50. The number of aromatic nitrogens is 1. The molecule has 1 aromatic heterocycles. The lowest BCUT2D eigenvalue weighted by Gasteiger charge is -2.41. The first-order valence-electron chi connectivity index (χ1n) is 12.4. The van der Waals surface area contributed by atoms with Gasteiger partial charge in [-0.25, -0.2) is 4.98 Å². The number of para-hydroxylation sites is 1. The molecular weight excluding hydrogens is 510 g/mol. The minimum Gasteiger partial charge on any atom is -0.497 e. The predicted octanol–water partition coefficient (Wildman–Crippen LogP) is 6.44. The molecule has 0 unspecified atom stereocenters. The second-order valence-corrected chi connectivity index (χ2v) is 10.2. The van der Waals surface area contributed by atoms with Crippen LogP contribution in [-0.4, -0.2) is 31.0 Å². The predicted molar refractivity (Wildman–Crippen MR) is 153 cm³/mol. The van der Waals surface area contributed by atoms with Gasteiger partial charge in [0.2, 0.25) is 5.91 Å². The third-order valence-electron chi connectivity index (χ3n) is 6.95. The first-order valence-corrected chi connectivity index (χ1v) is 13.3. The molecule has 39 heavy (non-hydrogen) atoms. The lowest BCUT2D eigenvalue weighted by molar-refractivity contribution is -0.118. The smallest absolute Gasteiger partial charge is 0.259 e. The Morgan fingerprint density at radius 3 is 2.18 bits per heavy atom. The summed E-state index contributed by atoms with van der Waals surface area (Å²) in [6.45, 7) is 0. The maximum Gasteiger partial charge on any atom is 0.259 e. The monoisotopic (exact) mass is 535 g/mol. The van der Waals surface area contributed by atoms with Crippen molar-refractivity contribution in [2.75, 3.05) is 24.4 Å². The van der Waals surface area contributed by atoms with E-state index in [1.165, 1.54) is 11.3 Å².